The average Bonchev–Trinajstić information content (AvgIpc) is 3.72. The van der Waals surface area contributed by atoms with Crippen LogP contribution >= 0.6 is 0 Å². The predicted octanol–water partition coefficient (Wildman–Crippen LogP) is 12.5. The van der Waals surface area contributed by atoms with Crippen LogP contribution in [-0.4, -0.2) is 9.55 Å². The zero-order valence-electron chi connectivity index (χ0n) is 27.2. The van der Waals surface area contributed by atoms with Crippen molar-refractivity contribution in [1.82, 2.24) is 9.55 Å². The maximum atomic E-state index is 5.03. The molecule has 2 nitrogen and oxygen atoms in total. The second kappa shape index (κ2) is 10.9. The lowest BCUT2D eigenvalue weighted by Crippen LogP contribution is -2.01. The Labute approximate surface area is 285 Å². The van der Waals surface area contributed by atoms with Crippen LogP contribution in [0.2, 0.25) is 0 Å². The van der Waals surface area contributed by atoms with Crippen molar-refractivity contribution in [3.05, 3.63) is 170 Å². The molecule has 1 heterocycles. The topological polar surface area (TPSA) is 17.8 Å². The van der Waals surface area contributed by atoms with Crippen LogP contribution in [0.1, 0.15) is 12.7 Å². The van der Waals surface area contributed by atoms with E-state index in [1.54, 1.807) is 0 Å². The van der Waals surface area contributed by atoms with E-state index in [0.29, 0.717) is 0 Å². The van der Waals surface area contributed by atoms with Gasteiger partial charge >= 0.3 is 0 Å². The summed E-state index contributed by atoms with van der Waals surface area (Å²) in [4.78, 5) is 5.03. The van der Waals surface area contributed by atoms with E-state index in [1.165, 1.54) is 77.2 Å². The normalized spacial score (nSPS) is 11.9. The molecule has 1 aliphatic carbocycles. The minimum Gasteiger partial charge on any atom is -0.296 e. The van der Waals surface area contributed by atoms with Crippen molar-refractivity contribution in [3.8, 4) is 61.3 Å². The van der Waals surface area contributed by atoms with E-state index in [-0.39, 0.29) is 0 Å². The molecular weight excluding hydrogens is 593 g/mol. The van der Waals surface area contributed by atoms with Crippen LogP contribution in [-0.2, 0) is 6.42 Å². The number of rotatable bonds is 5. The lowest BCUT2D eigenvalue weighted by molar-refractivity contribution is 0.913. The molecule has 0 saturated heterocycles. The number of benzene rings is 8. The maximum absolute atomic E-state index is 5.03. The third-order valence-electron chi connectivity index (χ3n) is 10.3. The Balaban J connectivity index is 1.35. The first kappa shape index (κ1) is 27.8. The summed E-state index contributed by atoms with van der Waals surface area (Å²) in [5.41, 5.74) is 16.0. The molecule has 0 aliphatic heterocycles. The van der Waals surface area contributed by atoms with Gasteiger partial charge in [-0.15, -0.1) is 0 Å². The van der Waals surface area contributed by atoms with Crippen LogP contribution in [0.5, 0.6) is 0 Å². The Hall–Kier alpha value is -6.25. The van der Waals surface area contributed by atoms with Crippen molar-refractivity contribution >= 4 is 32.6 Å². The van der Waals surface area contributed by atoms with Crippen LogP contribution in [0.25, 0.3) is 93.9 Å². The predicted molar refractivity (Wildman–Crippen MR) is 206 cm³/mol. The van der Waals surface area contributed by atoms with Crippen LogP contribution in [0, 0.1) is 0 Å². The number of hydrogen-bond donors (Lipinski definition) is 0. The SMILES string of the molecule is CCc1nc2ccccc2n1-c1cccc2c(-c3cc(-c4ccccc4)c4c(c3-c3ccccc3)-c3cccc5cccc-4c35)cccc12. The highest BCUT2D eigenvalue weighted by Gasteiger charge is 2.30. The molecule has 1 aromatic heterocycles. The first-order valence-corrected chi connectivity index (χ1v) is 17.1. The molecule has 10 rings (SSSR count). The molecule has 0 unspecified atom stereocenters. The number of nitrogens with zero attached hydrogens (tertiary/aromatic N) is 2. The summed E-state index contributed by atoms with van der Waals surface area (Å²) in [6.45, 7) is 2.19. The molecule has 0 N–H and O–H groups in total. The summed E-state index contributed by atoms with van der Waals surface area (Å²) in [5.74, 6) is 1.07. The Morgan fingerprint density at radius 2 is 1.10 bits per heavy atom. The molecule has 9 aromatic rings. The molecule has 230 valence electrons. The van der Waals surface area contributed by atoms with Gasteiger partial charge < -0.3 is 0 Å². The van der Waals surface area contributed by atoms with Crippen molar-refractivity contribution in [2.24, 2.45) is 0 Å². The molecule has 1 aliphatic rings. The molecule has 49 heavy (non-hydrogen) atoms. The lowest BCUT2D eigenvalue weighted by Gasteiger charge is -2.22. The van der Waals surface area contributed by atoms with Gasteiger partial charge in [-0.3, -0.25) is 4.57 Å². The van der Waals surface area contributed by atoms with E-state index in [2.05, 4.69) is 175 Å². The number of fused-ring (bicyclic) bond motifs is 5. The van der Waals surface area contributed by atoms with Gasteiger partial charge in [0.05, 0.1) is 16.7 Å². The van der Waals surface area contributed by atoms with Gasteiger partial charge in [0.2, 0.25) is 0 Å². The largest absolute Gasteiger partial charge is 0.296 e. The van der Waals surface area contributed by atoms with Gasteiger partial charge in [-0.2, -0.15) is 0 Å². The Morgan fingerprint density at radius 3 is 1.88 bits per heavy atom. The van der Waals surface area contributed by atoms with E-state index in [4.69, 9.17) is 4.98 Å². The standard InChI is InChI=1S/C47H32N2/c1-2-43-48-40-26-9-10-27-42(40)49(43)41-28-14-22-33-34(21-13-23-35(33)41)39-29-38(30-15-5-3-6-16-30)46-36-24-11-19-31-20-12-25-37(44(31)36)47(46)45(39)32-17-7-4-8-18-32/h3-29H,2H2,1H3. The van der Waals surface area contributed by atoms with Gasteiger partial charge in [0.1, 0.15) is 5.82 Å². The van der Waals surface area contributed by atoms with E-state index >= 15 is 0 Å². The monoisotopic (exact) mass is 624 g/mol. The zero-order chi connectivity index (χ0) is 32.5. The second-order valence-electron chi connectivity index (χ2n) is 12.9. The van der Waals surface area contributed by atoms with E-state index < -0.39 is 0 Å². The smallest absolute Gasteiger partial charge is 0.114 e. The summed E-state index contributed by atoms with van der Waals surface area (Å²) in [6.07, 6.45) is 0.847. The summed E-state index contributed by atoms with van der Waals surface area (Å²) < 4.78 is 2.36. The number of hydrogen-bond acceptors (Lipinski definition) is 1. The second-order valence-corrected chi connectivity index (χ2v) is 12.9. The number of aromatic nitrogens is 2. The first-order chi connectivity index (χ1) is 24.3. The third-order valence-corrected chi connectivity index (χ3v) is 10.3. The fourth-order valence-corrected chi connectivity index (χ4v) is 8.26. The van der Waals surface area contributed by atoms with E-state index in [1.807, 2.05) is 0 Å². The molecule has 0 atom stereocenters. The van der Waals surface area contributed by atoms with Gasteiger partial charge in [0.15, 0.2) is 0 Å². The Morgan fingerprint density at radius 1 is 0.469 bits per heavy atom. The van der Waals surface area contributed by atoms with Crippen LogP contribution in [0.3, 0.4) is 0 Å². The summed E-state index contributed by atoms with van der Waals surface area (Å²) in [6, 6.07) is 59.9. The first-order valence-electron chi connectivity index (χ1n) is 17.1. The highest BCUT2D eigenvalue weighted by Crippen LogP contribution is 2.57. The van der Waals surface area contributed by atoms with Crippen molar-refractivity contribution in [1.29, 1.82) is 0 Å². The van der Waals surface area contributed by atoms with Gasteiger partial charge in [0.25, 0.3) is 0 Å². The summed E-state index contributed by atoms with van der Waals surface area (Å²) >= 11 is 0. The lowest BCUT2D eigenvalue weighted by atomic mass is 9.81. The molecular formula is C47H32N2. The molecule has 0 amide bonds. The van der Waals surface area contributed by atoms with E-state index in [9.17, 15) is 0 Å². The van der Waals surface area contributed by atoms with Crippen LogP contribution in [0.15, 0.2) is 164 Å². The fourth-order valence-electron chi connectivity index (χ4n) is 8.26. The Bertz CT molecular complexity index is 2730. The molecule has 0 spiro atoms. The quantitative estimate of drug-likeness (QED) is 0.186. The van der Waals surface area contributed by atoms with Gasteiger partial charge in [-0.25, -0.2) is 4.98 Å². The molecule has 0 bridgehead atoms. The Kier molecular flexibility index (Phi) is 6.19. The average molecular weight is 625 g/mol. The molecule has 0 saturated carbocycles. The number of aryl methyl sites for hydroxylation is 1. The summed E-state index contributed by atoms with van der Waals surface area (Å²) in [5, 5.41) is 5.05. The third kappa shape index (κ3) is 4.11. The highest BCUT2D eigenvalue weighted by molar-refractivity contribution is 6.23. The van der Waals surface area contributed by atoms with Crippen LogP contribution < -0.4 is 0 Å². The van der Waals surface area contributed by atoms with Crippen LogP contribution in [0.4, 0.5) is 0 Å². The van der Waals surface area contributed by atoms with Gasteiger partial charge in [-0.05, 0) is 96.1 Å². The number of para-hydroxylation sites is 2. The van der Waals surface area contributed by atoms with E-state index in [0.717, 1.165) is 29.0 Å². The van der Waals surface area contributed by atoms with Crippen molar-refractivity contribution in [2.75, 3.05) is 0 Å². The minimum absolute atomic E-state index is 0.847. The minimum atomic E-state index is 0.847. The molecule has 0 fully saturated rings. The molecule has 0 radical (unpaired) electrons. The van der Waals surface area contributed by atoms with Gasteiger partial charge in [0, 0.05) is 11.8 Å². The molecule has 8 aromatic carbocycles. The maximum Gasteiger partial charge on any atom is 0.114 e. The highest BCUT2D eigenvalue weighted by atomic mass is 15.1. The van der Waals surface area contributed by atoms with Gasteiger partial charge in [-0.1, -0.05) is 146 Å². The fraction of sp³-hybridized carbons (Fsp3) is 0.0426. The molecule has 2 heteroatoms. The van der Waals surface area contributed by atoms with Crippen molar-refractivity contribution in [3.63, 3.8) is 0 Å². The van der Waals surface area contributed by atoms with Crippen molar-refractivity contribution < 1.29 is 0 Å². The van der Waals surface area contributed by atoms with Crippen molar-refractivity contribution in [2.45, 2.75) is 13.3 Å². The summed E-state index contributed by atoms with van der Waals surface area (Å²) in [7, 11) is 0. The zero-order valence-corrected chi connectivity index (χ0v) is 27.2. The number of imidazole rings is 1.